The van der Waals surface area contributed by atoms with Crippen LogP contribution >= 0.6 is 11.6 Å². The standard InChI is InChI=1S/C27H30ClFN6O7/c1-42-25-22-17(24(37)18(26(38)39)11-34(22)15-4-5-15)7-19(29)23(25)32-8-14-3-2-6-31(20(14)12-32)9-16(36)10-33-13-21(35(40)41)30-27(33)28/h7,11,13-16,20,36H,2-6,8-10,12H2,1H3,(H,38,39)/t14-,16?,20+/m0/s1. The number of carbonyl (C=O) groups is 1. The van der Waals surface area contributed by atoms with Gasteiger partial charge in [-0.1, -0.05) is 0 Å². The average molecular weight is 605 g/mol. The number of carboxylic acid groups (broad SMARTS) is 1. The van der Waals surface area contributed by atoms with E-state index in [2.05, 4.69) is 9.88 Å². The second-order valence-corrected chi connectivity index (χ2v) is 11.6. The average Bonchev–Trinajstić information content (AvgIpc) is 3.58. The highest BCUT2D eigenvalue weighted by molar-refractivity contribution is 6.28. The van der Waals surface area contributed by atoms with Gasteiger partial charge in [0, 0.05) is 37.9 Å². The van der Waals surface area contributed by atoms with E-state index < -0.39 is 39.6 Å². The third-order valence-corrected chi connectivity index (χ3v) is 8.84. The molecule has 2 saturated heterocycles. The highest BCUT2D eigenvalue weighted by atomic mass is 35.5. The highest BCUT2D eigenvalue weighted by Gasteiger charge is 2.42. The molecule has 1 aromatic carbocycles. The number of methoxy groups -OCH3 is 1. The zero-order valence-corrected chi connectivity index (χ0v) is 23.5. The van der Waals surface area contributed by atoms with Crippen LogP contribution in [0.15, 0.2) is 23.3 Å². The van der Waals surface area contributed by atoms with Gasteiger partial charge >= 0.3 is 17.1 Å². The number of ether oxygens (including phenoxy) is 1. The summed E-state index contributed by atoms with van der Waals surface area (Å²) in [5.41, 5.74) is -0.539. The van der Waals surface area contributed by atoms with Gasteiger partial charge in [0.2, 0.25) is 5.43 Å². The van der Waals surface area contributed by atoms with Gasteiger partial charge in [0.25, 0.3) is 0 Å². The van der Waals surface area contributed by atoms with Crippen molar-refractivity contribution in [3.8, 4) is 5.75 Å². The lowest BCUT2D eigenvalue weighted by Gasteiger charge is -2.37. The fourth-order valence-electron chi connectivity index (χ4n) is 6.56. The maximum atomic E-state index is 15.9. The van der Waals surface area contributed by atoms with Gasteiger partial charge in [-0.3, -0.25) is 14.3 Å². The first kappa shape index (κ1) is 28.4. The number of piperidine rings is 1. The Morgan fingerprint density at radius 2 is 2.05 bits per heavy atom. The van der Waals surface area contributed by atoms with E-state index in [4.69, 9.17) is 16.3 Å². The molecule has 6 rings (SSSR count). The molecule has 4 heterocycles. The Hall–Kier alpha value is -3.75. The summed E-state index contributed by atoms with van der Waals surface area (Å²) in [5, 5.41) is 31.4. The molecule has 2 aromatic heterocycles. The molecule has 1 saturated carbocycles. The number of aromatic nitrogens is 3. The van der Waals surface area contributed by atoms with E-state index >= 15 is 4.39 Å². The van der Waals surface area contributed by atoms with Crippen LogP contribution in [0.3, 0.4) is 0 Å². The molecular weight excluding hydrogens is 575 g/mol. The van der Waals surface area contributed by atoms with Crippen molar-refractivity contribution in [3.63, 3.8) is 0 Å². The number of likely N-dealkylation sites (tertiary alicyclic amines) is 1. The number of aliphatic hydroxyl groups excluding tert-OH is 1. The predicted molar refractivity (Wildman–Crippen MR) is 150 cm³/mol. The van der Waals surface area contributed by atoms with Gasteiger partial charge in [0.05, 0.1) is 30.7 Å². The third kappa shape index (κ3) is 4.96. The molecule has 1 unspecified atom stereocenters. The van der Waals surface area contributed by atoms with Gasteiger partial charge in [-0.2, -0.15) is 0 Å². The van der Waals surface area contributed by atoms with Crippen molar-refractivity contribution in [3.05, 3.63) is 55.5 Å². The first-order valence-electron chi connectivity index (χ1n) is 13.8. The quantitative estimate of drug-likeness (QED) is 0.275. The number of rotatable bonds is 9. The summed E-state index contributed by atoms with van der Waals surface area (Å²) < 4.78 is 24.7. The summed E-state index contributed by atoms with van der Waals surface area (Å²) in [4.78, 5) is 42.9. The van der Waals surface area contributed by atoms with Crippen LogP contribution in [-0.4, -0.2) is 85.6 Å². The molecule has 0 bridgehead atoms. The number of anilines is 1. The van der Waals surface area contributed by atoms with Crippen LogP contribution in [0.5, 0.6) is 5.75 Å². The molecule has 0 amide bonds. The second kappa shape index (κ2) is 10.8. The molecule has 1 aliphatic carbocycles. The molecule has 3 fully saturated rings. The van der Waals surface area contributed by atoms with Crippen molar-refractivity contribution < 1.29 is 29.1 Å². The van der Waals surface area contributed by atoms with Gasteiger partial charge in [-0.25, -0.2) is 9.18 Å². The van der Waals surface area contributed by atoms with Gasteiger partial charge in [-0.05, 0) is 65.7 Å². The molecule has 13 nitrogen and oxygen atoms in total. The number of fused-ring (bicyclic) bond motifs is 2. The number of nitro groups is 1. The van der Waals surface area contributed by atoms with Crippen LogP contribution < -0.4 is 15.1 Å². The van der Waals surface area contributed by atoms with Gasteiger partial charge in [0.1, 0.15) is 17.4 Å². The summed E-state index contributed by atoms with van der Waals surface area (Å²) in [7, 11) is 1.42. The Labute approximate surface area is 243 Å². The van der Waals surface area contributed by atoms with Crippen LogP contribution in [0.2, 0.25) is 5.28 Å². The summed E-state index contributed by atoms with van der Waals surface area (Å²) >= 11 is 6.02. The minimum Gasteiger partial charge on any atom is -0.492 e. The molecule has 3 atom stereocenters. The van der Waals surface area contributed by atoms with E-state index in [9.17, 15) is 29.9 Å². The number of aliphatic hydroxyl groups is 1. The normalized spacial score (nSPS) is 21.5. The number of halogens is 2. The van der Waals surface area contributed by atoms with E-state index in [1.54, 1.807) is 4.57 Å². The summed E-state index contributed by atoms with van der Waals surface area (Å²) in [6.45, 7) is 2.03. The maximum Gasteiger partial charge on any atom is 0.383 e. The van der Waals surface area contributed by atoms with E-state index in [1.165, 1.54) is 24.1 Å². The van der Waals surface area contributed by atoms with E-state index in [0.717, 1.165) is 38.3 Å². The van der Waals surface area contributed by atoms with Crippen LogP contribution in [0.1, 0.15) is 42.1 Å². The molecule has 3 aromatic rings. The minimum absolute atomic E-state index is 0.000750. The molecular formula is C27H30ClFN6O7. The van der Waals surface area contributed by atoms with Gasteiger partial charge < -0.3 is 34.5 Å². The van der Waals surface area contributed by atoms with Crippen molar-refractivity contribution in [2.24, 2.45) is 5.92 Å². The number of nitrogens with zero attached hydrogens (tertiary/aromatic N) is 6. The Morgan fingerprint density at radius 1 is 1.29 bits per heavy atom. The van der Waals surface area contributed by atoms with E-state index in [1.807, 2.05) is 4.90 Å². The van der Waals surface area contributed by atoms with Gasteiger partial charge in [-0.15, -0.1) is 0 Å². The SMILES string of the molecule is COc1c(N2C[C@@H]3CCCN(CC(O)Cn4cc([N+](=O)[O-])nc4Cl)[C@@H]3C2)c(F)cc2c(=O)c(C(=O)O)cn(C3CC3)c12. The van der Waals surface area contributed by atoms with Crippen LogP contribution in [-0.2, 0) is 6.54 Å². The number of imidazole rings is 1. The second-order valence-electron chi connectivity index (χ2n) is 11.3. The van der Waals surface area contributed by atoms with Crippen molar-refractivity contribution in [2.45, 2.75) is 50.4 Å². The van der Waals surface area contributed by atoms with Crippen molar-refractivity contribution >= 4 is 40.0 Å². The van der Waals surface area contributed by atoms with E-state index in [-0.39, 0.29) is 53.2 Å². The van der Waals surface area contributed by atoms with E-state index in [0.29, 0.717) is 18.6 Å². The third-order valence-electron chi connectivity index (χ3n) is 8.54. The molecule has 3 aliphatic rings. The van der Waals surface area contributed by atoms with Gasteiger partial charge in [0.15, 0.2) is 11.6 Å². The number of hydrogen-bond donors (Lipinski definition) is 2. The number of aromatic carboxylic acids is 1. The molecule has 15 heteroatoms. The lowest BCUT2D eigenvalue weighted by molar-refractivity contribution is -0.389. The summed E-state index contributed by atoms with van der Waals surface area (Å²) in [5.74, 6) is -2.03. The van der Waals surface area contributed by atoms with Crippen molar-refractivity contribution in [1.29, 1.82) is 0 Å². The Kier molecular flexibility index (Phi) is 7.31. The molecule has 0 spiro atoms. The number of pyridine rings is 1. The Balaban J connectivity index is 1.29. The fourth-order valence-corrected chi connectivity index (χ4v) is 6.76. The monoisotopic (exact) mass is 604 g/mol. The maximum absolute atomic E-state index is 15.9. The number of carboxylic acids is 1. The van der Waals surface area contributed by atoms with Crippen LogP contribution in [0.25, 0.3) is 10.9 Å². The summed E-state index contributed by atoms with van der Waals surface area (Å²) in [6, 6.07) is 1.13. The van der Waals surface area contributed by atoms with Crippen LogP contribution in [0, 0.1) is 21.8 Å². The molecule has 2 N–H and O–H groups in total. The topological polar surface area (TPSA) is 156 Å². The molecule has 42 heavy (non-hydrogen) atoms. The molecule has 224 valence electrons. The minimum atomic E-state index is -1.36. The molecule has 0 radical (unpaired) electrons. The highest BCUT2D eigenvalue weighted by Crippen LogP contribution is 2.45. The Morgan fingerprint density at radius 3 is 2.69 bits per heavy atom. The zero-order valence-electron chi connectivity index (χ0n) is 22.8. The summed E-state index contributed by atoms with van der Waals surface area (Å²) in [6.07, 6.45) is 5.08. The van der Waals surface area contributed by atoms with Crippen molar-refractivity contribution in [1.82, 2.24) is 19.0 Å². The predicted octanol–water partition coefficient (Wildman–Crippen LogP) is 2.90. The number of β-amino-alcohol motifs (C(OH)–C–C–N with tert-alkyl or cyclic N) is 1. The lowest BCUT2D eigenvalue weighted by atomic mass is 9.92. The zero-order chi connectivity index (χ0) is 29.9. The first-order chi connectivity index (χ1) is 20.1. The number of hydrogen-bond acceptors (Lipinski definition) is 9. The fraction of sp³-hybridized carbons (Fsp3) is 0.519. The molecule has 2 aliphatic heterocycles. The van der Waals surface area contributed by atoms with Crippen molar-refractivity contribution in [2.75, 3.05) is 38.2 Å². The number of benzene rings is 1. The Bertz CT molecular complexity index is 1640. The smallest absolute Gasteiger partial charge is 0.383 e. The largest absolute Gasteiger partial charge is 0.492 e. The lowest BCUT2D eigenvalue weighted by Crippen LogP contribution is -2.48. The van der Waals surface area contributed by atoms with Crippen LogP contribution in [0.4, 0.5) is 15.9 Å². The first-order valence-corrected chi connectivity index (χ1v) is 14.2.